The Hall–Kier alpha value is -3.63. The highest BCUT2D eigenvalue weighted by Gasteiger charge is 2.46. The van der Waals surface area contributed by atoms with Crippen molar-refractivity contribution in [3.05, 3.63) is 77.4 Å². The van der Waals surface area contributed by atoms with Crippen LogP contribution >= 0.6 is 0 Å². The van der Waals surface area contributed by atoms with Crippen molar-refractivity contribution >= 4 is 5.91 Å². The van der Waals surface area contributed by atoms with Gasteiger partial charge < -0.3 is 19.9 Å². The van der Waals surface area contributed by atoms with Gasteiger partial charge in [0.15, 0.2) is 0 Å². The van der Waals surface area contributed by atoms with Gasteiger partial charge in [0.2, 0.25) is 5.91 Å². The number of rotatable bonds is 7. The second-order valence-electron chi connectivity index (χ2n) is 11.0. The lowest BCUT2D eigenvalue weighted by Gasteiger charge is -2.35. The van der Waals surface area contributed by atoms with Crippen LogP contribution in [-0.2, 0) is 22.8 Å². The number of nitriles is 1. The molecular weight excluding hydrogens is 462 g/mol. The van der Waals surface area contributed by atoms with Crippen LogP contribution < -0.4 is 10.5 Å². The Bertz CT molecular complexity index is 1350. The molecule has 1 saturated carbocycles. The molecule has 2 aliphatic rings. The van der Waals surface area contributed by atoms with E-state index in [-0.39, 0.29) is 5.91 Å². The van der Waals surface area contributed by atoms with Crippen LogP contribution in [0, 0.1) is 17.2 Å². The molecule has 1 aliphatic carbocycles. The van der Waals surface area contributed by atoms with E-state index >= 15 is 0 Å². The molecule has 2 fully saturated rings. The molecule has 2 heterocycles. The summed E-state index contributed by atoms with van der Waals surface area (Å²) in [5.41, 5.74) is 8.49. The Morgan fingerprint density at radius 2 is 2.03 bits per heavy atom. The Morgan fingerprint density at radius 3 is 2.73 bits per heavy atom. The summed E-state index contributed by atoms with van der Waals surface area (Å²) in [5, 5.41) is 9.79. The lowest BCUT2D eigenvalue weighted by atomic mass is 9.72. The molecule has 2 aromatic carbocycles. The van der Waals surface area contributed by atoms with Crippen LogP contribution in [-0.4, -0.2) is 34.0 Å². The first-order chi connectivity index (χ1) is 17.7. The highest BCUT2D eigenvalue weighted by Crippen LogP contribution is 2.47. The summed E-state index contributed by atoms with van der Waals surface area (Å²) in [5.74, 6) is 1.87. The number of carbonyl (C=O) groups is 1. The average molecular weight is 498 g/mol. The molecule has 1 amide bonds. The number of aromatic nitrogens is 2. The maximum absolute atomic E-state index is 13.7. The summed E-state index contributed by atoms with van der Waals surface area (Å²) in [6, 6.07) is 15.6. The van der Waals surface area contributed by atoms with Crippen LogP contribution in [0.1, 0.15) is 67.8 Å². The first kappa shape index (κ1) is 25.0. The van der Waals surface area contributed by atoms with Crippen LogP contribution in [0.4, 0.5) is 0 Å². The molecule has 2 N–H and O–H groups in total. The van der Waals surface area contributed by atoms with Crippen LogP contribution in [0.25, 0.3) is 0 Å². The normalized spacial score (nSPS) is 21.7. The minimum absolute atomic E-state index is 0.212. The monoisotopic (exact) mass is 497 g/mol. The number of likely N-dealkylation sites (tertiary alicyclic amines) is 1. The number of hydrogen-bond donors (Lipinski definition) is 1. The van der Waals surface area contributed by atoms with Gasteiger partial charge in [0.05, 0.1) is 34.7 Å². The molecule has 1 aromatic heterocycles. The third-order valence-corrected chi connectivity index (χ3v) is 8.10. The molecule has 3 aromatic rings. The SMILES string of the molecule is CN1CCCC[C@@](CC2CC2)(c2cccc(Oc3cc([C@](C)(N)c4cncn4C)ccc3C#N)c2)C1=O. The van der Waals surface area contributed by atoms with Crippen molar-refractivity contribution in [2.45, 2.75) is 56.4 Å². The number of ether oxygens (including phenoxy) is 1. The number of aryl methyl sites for hydroxylation is 1. The maximum Gasteiger partial charge on any atom is 0.232 e. The summed E-state index contributed by atoms with van der Waals surface area (Å²) in [6.07, 6.45) is 9.65. The average Bonchev–Trinajstić information content (AvgIpc) is 3.62. The van der Waals surface area contributed by atoms with Crippen LogP contribution in [0.5, 0.6) is 11.5 Å². The highest BCUT2D eigenvalue weighted by atomic mass is 16.5. The van der Waals surface area contributed by atoms with Gasteiger partial charge >= 0.3 is 0 Å². The fourth-order valence-electron chi connectivity index (χ4n) is 5.75. The zero-order valence-electron chi connectivity index (χ0n) is 21.9. The summed E-state index contributed by atoms with van der Waals surface area (Å²) < 4.78 is 8.24. The van der Waals surface area contributed by atoms with Gasteiger partial charge in [0.25, 0.3) is 0 Å². The van der Waals surface area contributed by atoms with E-state index in [0.717, 1.165) is 49.0 Å². The third-order valence-electron chi connectivity index (χ3n) is 8.10. The maximum atomic E-state index is 13.7. The molecular formula is C30H35N5O2. The van der Waals surface area contributed by atoms with E-state index in [1.54, 1.807) is 18.6 Å². The molecule has 1 saturated heterocycles. The van der Waals surface area contributed by atoms with Crippen molar-refractivity contribution in [3.8, 4) is 17.6 Å². The smallest absolute Gasteiger partial charge is 0.232 e. The largest absolute Gasteiger partial charge is 0.456 e. The van der Waals surface area contributed by atoms with E-state index in [2.05, 4.69) is 17.1 Å². The Morgan fingerprint density at radius 1 is 1.22 bits per heavy atom. The number of carbonyl (C=O) groups excluding carboxylic acids is 1. The fraction of sp³-hybridized carbons (Fsp3) is 0.433. The van der Waals surface area contributed by atoms with Crippen molar-refractivity contribution < 1.29 is 9.53 Å². The van der Waals surface area contributed by atoms with Crippen molar-refractivity contribution in [1.29, 1.82) is 5.26 Å². The lowest BCUT2D eigenvalue weighted by Crippen LogP contribution is -2.44. The van der Waals surface area contributed by atoms with Crippen LogP contribution in [0.3, 0.4) is 0 Å². The van der Waals surface area contributed by atoms with Crippen molar-refractivity contribution in [3.63, 3.8) is 0 Å². The van der Waals surface area contributed by atoms with E-state index in [0.29, 0.717) is 23.0 Å². The van der Waals surface area contributed by atoms with Gasteiger partial charge in [-0.15, -0.1) is 0 Å². The summed E-state index contributed by atoms with van der Waals surface area (Å²) in [7, 11) is 3.83. The van der Waals surface area contributed by atoms with Gasteiger partial charge in [-0.05, 0) is 67.5 Å². The standard InChI is InChI=1S/C30H35N5O2/c1-29(32,27-19-33-20-35(27)3)23-12-11-22(18-31)26(16-23)37-25-8-6-7-24(15-25)30(17-21-9-10-21)13-4-5-14-34(2)28(30)36/h6-8,11-12,15-16,19-21H,4-5,9-10,13-14,17,32H2,1-3H3/t29-,30+/m0/s1. The van der Waals surface area contributed by atoms with E-state index in [9.17, 15) is 10.1 Å². The van der Waals surface area contributed by atoms with Crippen LogP contribution in [0.2, 0.25) is 0 Å². The van der Waals surface area contributed by atoms with E-state index in [1.807, 2.05) is 60.8 Å². The highest BCUT2D eigenvalue weighted by molar-refractivity contribution is 5.88. The summed E-state index contributed by atoms with van der Waals surface area (Å²) >= 11 is 0. The number of nitrogens with zero attached hydrogens (tertiary/aromatic N) is 4. The van der Waals surface area contributed by atoms with Gasteiger partial charge in [-0.2, -0.15) is 5.26 Å². The Kier molecular flexibility index (Phi) is 6.55. The number of nitrogens with two attached hydrogens (primary N) is 1. The van der Waals surface area contributed by atoms with E-state index < -0.39 is 11.0 Å². The quantitative estimate of drug-likeness (QED) is 0.496. The van der Waals surface area contributed by atoms with Crippen LogP contribution in [0.15, 0.2) is 55.0 Å². The summed E-state index contributed by atoms with van der Waals surface area (Å²) in [6.45, 7) is 2.72. The molecule has 0 unspecified atom stereocenters. The van der Waals surface area contributed by atoms with Gasteiger partial charge in [-0.3, -0.25) is 4.79 Å². The van der Waals surface area contributed by atoms with E-state index in [4.69, 9.17) is 10.5 Å². The minimum Gasteiger partial charge on any atom is -0.456 e. The van der Waals surface area contributed by atoms with Gasteiger partial charge in [0, 0.05) is 20.6 Å². The zero-order chi connectivity index (χ0) is 26.2. The number of hydrogen-bond acceptors (Lipinski definition) is 5. The Balaban J connectivity index is 1.51. The van der Waals surface area contributed by atoms with Gasteiger partial charge in [0.1, 0.15) is 17.6 Å². The first-order valence-electron chi connectivity index (χ1n) is 13.1. The topological polar surface area (TPSA) is 97.2 Å². The molecule has 37 heavy (non-hydrogen) atoms. The first-order valence-corrected chi connectivity index (χ1v) is 13.1. The second kappa shape index (κ2) is 9.68. The number of amides is 1. The predicted octanol–water partition coefficient (Wildman–Crippen LogP) is 4.99. The minimum atomic E-state index is -0.829. The summed E-state index contributed by atoms with van der Waals surface area (Å²) in [4.78, 5) is 19.8. The number of benzene rings is 2. The predicted molar refractivity (Wildman–Crippen MR) is 142 cm³/mol. The molecule has 7 heteroatoms. The molecule has 7 nitrogen and oxygen atoms in total. The molecule has 192 valence electrons. The Labute approximate surface area is 218 Å². The third kappa shape index (κ3) is 4.74. The fourth-order valence-corrected chi connectivity index (χ4v) is 5.75. The van der Waals surface area contributed by atoms with Crippen molar-refractivity contribution in [2.75, 3.05) is 13.6 Å². The van der Waals surface area contributed by atoms with Gasteiger partial charge in [-0.25, -0.2) is 4.98 Å². The van der Waals surface area contributed by atoms with Crippen molar-refractivity contribution in [1.82, 2.24) is 14.5 Å². The van der Waals surface area contributed by atoms with E-state index in [1.165, 1.54) is 12.8 Å². The number of likely N-dealkylation sites (N-methyl/N-ethyl adjacent to an activating group) is 1. The van der Waals surface area contributed by atoms with Gasteiger partial charge in [-0.1, -0.05) is 37.5 Å². The molecule has 0 bridgehead atoms. The van der Waals surface area contributed by atoms with Crippen molar-refractivity contribution in [2.24, 2.45) is 18.7 Å². The molecule has 2 atom stereocenters. The number of imidazole rings is 1. The molecule has 5 rings (SSSR count). The molecule has 0 spiro atoms. The molecule has 0 radical (unpaired) electrons. The second-order valence-corrected chi connectivity index (χ2v) is 11.0. The lowest BCUT2D eigenvalue weighted by molar-refractivity contribution is -0.136. The molecule has 1 aliphatic heterocycles. The zero-order valence-corrected chi connectivity index (χ0v) is 21.9.